The van der Waals surface area contributed by atoms with Crippen LogP contribution in [0.25, 0.3) is 0 Å². The van der Waals surface area contributed by atoms with Gasteiger partial charge in [-0.15, -0.1) is 0 Å². The van der Waals surface area contributed by atoms with E-state index in [0.717, 1.165) is 26.2 Å². The normalized spacial score (nSPS) is 29.1. The van der Waals surface area contributed by atoms with Crippen molar-refractivity contribution in [2.24, 2.45) is 11.1 Å². The molecule has 0 amide bonds. The van der Waals surface area contributed by atoms with Crippen LogP contribution in [0.15, 0.2) is 0 Å². The maximum Gasteiger partial charge on any atom is 0.0753 e. The van der Waals surface area contributed by atoms with Gasteiger partial charge >= 0.3 is 0 Å². The standard InChI is InChI=1S/C14H28N2O/c1-13(2)11-16(8-9-17-13)12-14(10-15)6-4-3-5-7-14/h3-12,15H2,1-2H3. The molecule has 0 atom stereocenters. The van der Waals surface area contributed by atoms with Crippen molar-refractivity contribution in [1.29, 1.82) is 0 Å². The topological polar surface area (TPSA) is 38.5 Å². The van der Waals surface area contributed by atoms with E-state index in [9.17, 15) is 0 Å². The van der Waals surface area contributed by atoms with Crippen LogP contribution in [-0.4, -0.2) is 43.3 Å². The van der Waals surface area contributed by atoms with Crippen LogP contribution in [0.3, 0.4) is 0 Å². The summed E-state index contributed by atoms with van der Waals surface area (Å²) in [6.45, 7) is 9.40. The molecular weight excluding hydrogens is 212 g/mol. The van der Waals surface area contributed by atoms with Crippen LogP contribution < -0.4 is 5.73 Å². The van der Waals surface area contributed by atoms with Gasteiger partial charge in [-0.1, -0.05) is 19.3 Å². The molecule has 0 aromatic rings. The molecule has 3 heteroatoms. The number of nitrogens with zero attached hydrogens (tertiary/aromatic N) is 1. The number of nitrogens with two attached hydrogens (primary N) is 1. The number of ether oxygens (including phenoxy) is 1. The first-order chi connectivity index (χ1) is 8.05. The van der Waals surface area contributed by atoms with Gasteiger partial charge in [-0.05, 0) is 38.6 Å². The number of hydrogen-bond acceptors (Lipinski definition) is 3. The lowest BCUT2D eigenvalue weighted by molar-refractivity contribution is -0.0959. The van der Waals surface area contributed by atoms with Crippen molar-refractivity contribution in [1.82, 2.24) is 4.90 Å². The molecule has 1 aliphatic carbocycles. The Morgan fingerprint density at radius 2 is 1.88 bits per heavy atom. The molecule has 2 fully saturated rings. The third-order valence-electron chi connectivity index (χ3n) is 4.41. The molecule has 1 heterocycles. The monoisotopic (exact) mass is 240 g/mol. The van der Waals surface area contributed by atoms with E-state index < -0.39 is 0 Å². The van der Waals surface area contributed by atoms with Gasteiger partial charge in [0, 0.05) is 19.6 Å². The quantitative estimate of drug-likeness (QED) is 0.820. The van der Waals surface area contributed by atoms with Crippen LogP contribution in [0, 0.1) is 5.41 Å². The van der Waals surface area contributed by atoms with Gasteiger partial charge in [-0.2, -0.15) is 0 Å². The Morgan fingerprint density at radius 1 is 1.18 bits per heavy atom. The summed E-state index contributed by atoms with van der Waals surface area (Å²) in [6, 6.07) is 0. The summed E-state index contributed by atoms with van der Waals surface area (Å²) in [7, 11) is 0. The molecule has 0 aromatic heterocycles. The average Bonchev–Trinajstić information content (AvgIpc) is 2.29. The third kappa shape index (κ3) is 3.43. The summed E-state index contributed by atoms with van der Waals surface area (Å²) in [5, 5.41) is 0. The van der Waals surface area contributed by atoms with E-state index in [1.807, 2.05) is 0 Å². The van der Waals surface area contributed by atoms with E-state index in [4.69, 9.17) is 10.5 Å². The summed E-state index contributed by atoms with van der Waals surface area (Å²) in [4.78, 5) is 2.57. The molecule has 0 bridgehead atoms. The number of hydrogen-bond donors (Lipinski definition) is 1. The highest BCUT2D eigenvalue weighted by atomic mass is 16.5. The minimum absolute atomic E-state index is 0.0166. The number of morpholine rings is 1. The van der Waals surface area contributed by atoms with Crippen molar-refractivity contribution in [2.45, 2.75) is 51.6 Å². The molecular formula is C14H28N2O. The Balaban J connectivity index is 1.93. The Labute approximate surface area is 106 Å². The fourth-order valence-corrected chi connectivity index (χ4v) is 3.45. The lowest BCUT2D eigenvalue weighted by Gasteiger charge is -2.45. The SMILES string of the molecule is CC1(C)CN(CC2(CN)CCCCC2)CCO1. The minimum Gasteiger partial charge on any atom is -0.373 e. The predicted molar refractivity (Wildman–Crippen MR) is 71.0 cm³/mol. The molecule has 0 radical (unpaired) electrons. The highest BCUT2D eigenvalue weighted by Gasteiger charge is 2.35. The Kier molecular flexibility index (Phi) is 4.11. The molecule has 2 N–H and O–H groups in total. The van der Waals surface area contributed by atoms with Crippen LogP contribution in [0.1, 0.15) is 46.0 Å². The van der Waals surface area contributed by atoms with Gasteiger partial charge in [-0.3, -0.25) is 4.90 Å². The molecule has 100 valence electrons. The van der Waals surface area contributed by atoms with E-state index in [1.54, 1.807) is 0 Å². The second kappa shape index (κ2) is 5.25. The first-order valence-corrected chi connectivity index (χ1v) is 7.12. The van der Waals surface area contributed by atoms with Gasteiger partial charge in [0.1, 0.15) is 0 Å². The molecule has 0 spiro atoms. The highest BCUT2D eigenvalue weighted by Crippen LogP contribution is 2.36. The molecule has 2 aliphatic rings. The maximum absolute atomic E-state index is 6.07. The second-order valence-electron chi connectivity index (χ2n) is 6.58. The lowest BCUT2D eigenvalue weighted by atomic mass is 9.73. The average molecular weight is 240 g/mol. The zero-order chi connectivity index (χ0) is 12.4. The summed E-state index contributed by atoms with van der Waals surface area (Å²) < 4.78 is 5.78. The Bertz CT molecular complexity index is 247. The minimum atomic E-state index is 0.0166. The van der Waals surface area contributed by atoms with Crippen molar-refractivity contribution >= 4 is 0 Å². The maximum atomic E-state index is 6.07. The Morgan fingerprint density at radius 3 is 2.47 bits per heavy atom. The number of rotatable bonds is 3. The van der Waals surface area contributed by atoms with Crippen LogP contribution >= 0.6 is 0 Å². The van der Waals surface area contributed by atoms with Gasteiger partial charge in [0.25, 0.3) is 0 Å². The van der Waals surface area contributed by atoms with Gasteiger partial charge in [0.05, 0.1) is 12.2 Å². The largest absolute Gasteiger partial charge is 0.373 e. The fraction of sp³-hybridized carbons (Fsp3) is 1.00. The van der Waals surface area contributed by atoms with Crippen molar-refractivity contribution < 1.29 is 4.74 Å². The van der Waals surface area contributed by atoms with Crippen molar-refractivity contribution in [3.8, 4) is 0 Å². The van der Waals surface area contributed by atoms with Gasteiger partial charge < -0.3 is 10.5 Å². The highest BCUT2D eigenvalue weighted by molar-refractivity contribution is 4.89. The van der Waals surface area contributed by atoms with Crippen LogP contribution in [0.5, 0.6) is 0 Å². The van der Waals surface area contributed by atoms with Gasteiger partial charge in [-0.25, -0.2) is 0 Å². The smallest absolute Gasteiger partial charge is 0.0753 e. The van der Waals surface area contributed by atoms with Gasteiger partial charge in [0.15, 0.2) is 0 Å². The molecule has 2 rings (SSSR count). The molecule has 0 aromatic carbocycles. The molecule has 3 nitrogen and oxygen atoms in total. The Hall–Kier alpha value is -0.120. The first kappa shape index (κ1) is 13.3. The molecule has 1 saturated carbocycles. The van der Waals surface area contributed by atoms with E-state index in [1.165, 1.54) is 38.6 Å². The third-order valence-corrected chi connectivity index (χ3v) is 4.41. The predicted octanol–water partition coefficient (Wildman–Crippen LogP) is 2.01. The zero-order valence-electron chi connectivity index (χ0n) is 11.5. The van der Waals surface area contributed by atoms with E-state index >= 15 is 0 Å². The van der Waals surface area contributed by atoms with Crippen molar-refractivity contribution in [3.63, 3.8) is 0 Å². The molecule has 0 unspecified atom stereocenters. The summed E-state index contributed by atoms with van der Waals surface area (Å²) in [5.74, 6) is 0. The first-order valence-electron chi connectivity index (χ1n) is 7.12. The van der Waals surface area contributed by atoms with Crippen LogP contribution in [0.4, 0.5) is 0 Å². The van der Waals surface area contributed by atoms with Crippen molar-refractivity contribution in [3.05, 3.63) is 0 Å². The molecule has 17 heavy (non-hydrogen) atoms. The fourth-order valence-electron chi connectivity index (χ4n) is 3.45. The van der Waals surface area contributed by atoms with E-state index in [-0.39, 0.29) is 5.60 Å². The molecule has 1 saturated heterocycles. The summed E-state index contributed by atoms with van der Waals surface area (Å²) >= 11 is 0. The molecule has 1 aliphatic heterocycles. The van der Waals surface area contributed by atoms with Crippen molar-refractivity contribution in [2.75, 3.05) is 32.8 Å². The second-order valence-corrected chi connectivity index (χ2v) is 6.58. The summed E-state index contributed by atoms with van der Waals surface area (Å²) in [5.41, 5.74) is 6.48. The van der Waals surface area contributed by atoms with Gasteiger partial charge in [0.2, 0.25) is 0 Å². The van der Waals surface area contributed by atoms with E-state index in [0.29, 0.717) is 5.41 Å². The van der Waals surface area contributed by atoms with E-state index in [2.05, 4.69) is 18.7 Å². The summed E-state index contributed by atoms with van der Waals surface area (Å²) in [6.07, 6.45) is 6.77. The van der Waals surface area contributed by atoms with Crippen LogP contribution in [-0.2, 0) is 4.74 Å². The van der Waals surface area contributed by atoms with Crippen LogP contribution in [0.2, 0.25) is 0 Å². The zero-order valence-corrected chi connectivity index (χ0v) is 11.5. The lowest BCUT2D eigenvalue weighted by Crippen LogP contribution is -2.53.